The average Bonchev–Trinajstić information content (AvgIpc) is 3.61. The fourth-order valence-electron chi connectivity index (χ4n) is 6.17. The summed E-state index contributed by atoms with van der Waals surface area (Å²) in [7, 11) is 0. The molecule has 232 valence electrons. The lowest BCUT2D eigenvalue weighted by Crippen LogP contribution is -2.49. The number of amides is 2. The molecule has 0 spiro atoms. The molecule has 1 aromatic carbocycles. The number of carbonyl (C=O) groups is 3. The number of likely N-dealkylation sites (tertiary alicyclic amines) is 1. The summed E-state index contributed by atoms with van der Waals surface area (Å²) in [4.78, 5) is 41.6. The number of ether oxygens (including phenoxy) is 3. The maximum atomic E-state index is 13.9. The minimum absolute atomic E-state index is 0.142. The molecule has 10 heteroatoms. The lowest BCUT2D eigenvalue weighted by molar-refractivity contribution is -0.190. The van der Waals surface area contributed by atoms with Gasteiger partial charge in [-0.2, -0.15) is 0 Å². The average molecular weight is 697 g/mol. The van der Waals surface area contributed by atoms with Gasteiger partial charge in [-0.3, -0.25) is 9.59 Å². The van der Waals surface area contributed by atoms with E-state index in [2.05, 4.69) is 41.8 Å². The molecule has 3 aliphatic rings. The molecular formula is C32H45IN2O7. The second kappa shape index (κ2) is 15.6. The van der Waals surface area contributed by atoms with E-state index in [1.165, 1.54) is 0 Å². The molecule has 0 aromatic heterocycles. The number of hydrogen-bond donors (Lipinski definition) is 2. The fourth-order valence-corrected chi connectivity index (χ4v) is 6.72. The maximum Gasteiger partial charge on any atom is 0.338 e. The summed E-state index contributed by atoms with van der Waals surface area (Å²) < 4.78 is 20.4. The summed E-state index contributed by atoms with van der Waals surface area (Å²) in [5.41, 5.74) is 0.914. The van der Waals surface area contributed by atoms with Gasteiger partial charge >= 0.3 is 5.97 Å². The van der Waals surface area contributed by atoms with Gasteiger partial charge in [0.05, 0.1) is 12.2 Å². The molecule has 0 saturated carbocycles. The van der Waals surface area contributed by atoms with Gasteiger partial charge in [0.15, 0.2) is 5.79 Å². The van der Waals surface area contributed by atoms with E-state index in [0.29, 0.717) is 30.5 Å². The summed E-state index contributed by atoms with van der Waals surface area (Å²) in [6.45, 7) is 4.77. The third-order valence-corrected chi connectivity index (χ3v) is 8.99. The van der Waals surface area contributed by atoms with E-state index in [1.807, 2.05) is 18.2 Å². The number of hydrogen-bond acceptors (Lipinski definition) is 7. The Morgan fingerprint density at radius 1 is 1.12 bits per heavy atom. The summed E-state index contributed by atoms with van der Waals surface area (Å²) in [5, 5.41) is 11.8. The van der Waals surface area contributed by atoms with Gasteiger partial charge in [-0.25, -0.2) is 4.79 Å². The number of carbonyl (C=O) groups excluding carboxylic acids is 3. The number of aliphatic hydroxyl groups excluding tert-OH is 1. The van der Waals surface area contributed by atoms with Crippen LogP contribution in [-0.4, -0.2) is 77.6 Å². The lowest BCUT2D eigenvalue weighted by Gasteiger charge is -2.33. The first kappa shape index (κ1) is 32.9. The van der Waals surface area contributed by atoms with Gasteiger partial charge in [0, 0.05) is 41.5 Å². The Kier molecular flexibility index (Phi) is 12.2. The van der Waals surface area contributed by atoms with Crippen LogP contribution in [0, 0.1) is 3.57 Å². The zero-order valence-electron chi connectivity index (χ0n) is 24.8. The Labute approximate surface area is 262 Å². The first-order valence-corrected chi connectivity index (χ1v) is 16.6. The summed E-state index contributed by atoms with van der Waals surface area (Å²) >= 11 is 2.16. The highest BCUT2D eigenvalue weighted by atomic mass is 127. The number of esters is 1. The van der Waals surface area contributed by atoms with Crippen molar-refractivity contribution < 1.29 is 33.7 Å². The highest BCUT2D eigenvalue weighted by molar-refractivity contribution is 14.1. The number of aliphatic hydroxyl groups is 1. The number of rotatable bonds is 14. The molecule has 1 aliphatic carbocycles. The third-order valence-electron chi connectivity index (χ3n) is 8.32. The number of fused-ring (bicyclic) bond motifs is 1. The predicted molar refractivity (Wildman–Crippen MR) is 167 cm³/mol. The monoisotopic (exact) mass is 696 g/mol. The van der Waals surface area contributed by atoms with Crippen LogP contribution in [0.4, 0.5) is 0 Å². The van der Waals surface area contributed by atoms with E-state index in [4.69, 9.17) is 19.3 Å². The second-order valence-electron chi connectivity index (χ2n) is 11.5. The minimum atomic E-state index is -0.790. The van der Waals surface area contributed by atoms with Gasteiger partial charge in [0.25, 0.3) is 0 Å². The second-order valence-corrected chi connectivity index (χ2v) is 12.8. The van der Waals surface area contributed by atoms with Gasteiger partial charge in [-0.1, -0.05) is 45.6 Å². The molecular weight excluding hydrogens is 651 g/mol. The molecule has 2 amide bonds. The lowest BCUT2D eigenvalue weighted by atomic mass is 9.91. The van der Waals surface area contributed by atoms with Crippen molar-refractivity contribution in [1.29, 1.82) is 0 Å². The van der Waals surface area contributed by atoms with Crippen LogP contribution in [0.2, 0.25) is 0 Å². The Morgan fingerprint density at radius 2 is 1.86 bits per heavy atom. The molecule has 2 heterocycles. The van der Waals surface area contributed by atoms with Crippen LogP contribution in [0.1, 0.15) is 94.8 Å². The van der Waals surface area contributed by atoms with E-state index in [-0.39, 0.29) is 31.4 Å². The quantitative estimate of drug-likeness (QED) is 0.162. The molecule has 4 atom stereocenters. The van der Waals surface area contributed by atoms with Gasteiger partial charge in [-0.15, -0.1) is 0 Å². The minimum Gasteiger partial charge on any atom is -0.456 e. The van der Waals surface area contributed by atoms with Crippen LogP contribution in [-0.2, 0) is 23.8 Å². The highest BCUT2D eigenvalue weighted by Gasteiger charge is 2.53. The molecule has 0 bridgehead atoms. The topological polar surface area (TPSA) is 114 Å². The molecule has 1 aromatic rings. The molecule has 0 unspecified atom stereocenters. The van der Waals surface area contributed by atoms with Crippen molar-refractivity contribution in [2.24, 2.45) is 0 Å². The van der Waals surface area contributed by atoms with Crippen LogP contribution in [0.5, 0.6) is 0 Å². The van der Waals surface area contributed by atoms with Crippen LogP contribution in [0.3, 0.4) is 0 Å². The molecule has 42 heavy (non-hydrogen) atoms. The first-order valence-electron chi connectivity index (χ1n) is 15.5. The standard InChI is InChI=1S/C32H45IN2O7/c1-3-5-7-14-32(15-8-6-4-2)41-27-21-23(30(38)35-17-10-13-25(35)29(37)34-16-18-36)20-26(28(27)42-32)40-31(39)22-11-9-12-24(33)19-22/h9,11-12,19,21,25-28,36H,3-8,10,13-18,20H2,1-2H3,(H,34,37)/t25-,26-,27-,28+/m1/s1. The molecule has 2 saturated heterocycles. The number of unbranched alkanes of at least 4 members (excludes halogenated alkanes) is 4. The molecule has 2 fully saturated rings. The van der Waals surface area contributed by atoms with E-state index in [1.54, 1.807) is 17.0 Å². The summed E-state index contributed by atoms with van der Waals surface area (Å²) in [6.07, 6.45) is 9.20. The molecule has 2 N–H and O–H groups in total. The Morgan fingerprint density at radius 3 is 2.52 bits per heavy atom. The van der Waals surface area contributed by atoms with Crippen LogP contribution in [0.25, 0.3) is 0 Å². The Balaban J connectivity index is 1.60. The smallest absolute Gasteiger partial charge is 0.338 e. The summed E-state index contributed by atoms with van der Waals surface area (Å²) in [5.74, 6) is -1.77. The SMILES string of the molecule is CCCCCC1(CCCCC)O[C@@H]2[C@@H](C=C(C(=O)N3CCC[C@@H]3C(=O)NCCO)C[C@H]2OC(=O)c2cccc(I)c2)O1. The van der Waals surface area contributed by atoms with E-state index in [9.17, 15) is 14.4 Å². The van der Waals surface area contributed by atoms with Crippen LogP contribution in [0.15, 0.2) is 35.9 Å². The van der Waals surface area contributed by atoms with Gasteiger partial charge in [0.2, 0.25) is 11.8 Å². The Hall–Kier alpha value is -2.02. The van der Waals surface area contributed by atoms with Gasteiger partial charge in [-0.05, 0) is 72.5 Å². The first-order chi connectivity index (χ1) is 20.3. The third kappa shape index (κ3) is 8.12. The zero-order chi connectivity index (χ0) is 30.1. The highest BCUT2D eigenvalue weighted by Crippen LogP contribution is 2.43. The maximum absolute atomic E-state index is 13.9. The van der Waals surface area contributed by atoms with E-state index >= 15 is 0 Å². The van der Waals surface area contributed by atoms with Crippen LogP contribution < -0.4 is 5.32 Å². The number of nitrogens with one attached hydrogen (secondary N) is 1. The predicted octanol–water partition coefficient (Wildman–Crippen LogP) is 4.89. The van der Waals surface area contributed by atoms with Crippen LogP contribution >= 0.6 is 22.6 Å². The van der Waals surface area contributed by atoms with Crippen molar-refractivity contribution in [3.8, 4) is 0 Å². The zero-order valence-corrected chi connectivity index (χ0v) is 27.0. The van der Waals surface area contributed by atoms with E-state index in [0.717, 1.165) is 54.9 Å². The van der Waals surface area contributed by atoms with Crippen molar-refractivity contribution in [2.45, 2.75) is 115 Å². The van der Waals surface area contributed by atoms with Crippen molar-refractivity contribution in [3.05, 3.63) is 45.0 Å². The van der Waals surface area contributed by atoms with Gasteiger partial charge < -0.3 is 29.5 Å². The molecule has 2 aliphatic heterocycles. The fraction of sp³-hybridized carbons (Fsp3) is 0.656. The number of halogens is 1. The molecule has 9 nitrogen and oxygen atoms in total. The normalized spacial score (nSPS) is 24.7. The van der Waals surface area contributed by atoms with E-state index < -0.39 is 36.1 Å². The van der Waals surface area contributed by atoms with Crippen molar-refractivity contribution in [2.75, 3.05) is 19.7 Å². The summed E-state index contributed by atoms with van der Waals surface area (Å²) in [6, 6.07) is 6.62. The molecule has 4 rings (SSSR count). The van der Waals surface area contributed by atoms with Crippen molar-refractivity contribution in [3.63, 3.8) is 0 Å². The number of nitrogens with zero attached hydrogens (tertiary/aromatic N) is 1. The van der Waals surface area contributed by atoms with Crippen molar-refractivity contribution >= 4 is 40.4 Å². The molecule has 0 radical (unpaired) electrons. The largest absolute Gasteiger partial charge is 0.456 e. The Bertz CT molecular complexity index is 1120. The van der Waals surface area contributed by atoms with Gasteiger partial charge in [0.1, 0.15) is 24.4 Å². The van der Waals surface area contributed by atoms with Crippen molar-refractivity contribution in [1.82, 2.24) is 10.2 Å². The number of benzene rings is 1.